The number of aliphatic carboxylic acids is 1. The summed E-state index contributed by atoms with van der Waals surface area (Å²) in [5, 5.41) is 9.73. The fourth-order valence-electron chi connectivity index (χ4n) is 2.26. The number of aryl methyl sites for hydroxylation is 1. The molecule has 86 valence electrons. The standard InChI is InChI=1S/C12H14ClNO2/c13-11-5-8(10(6-14)12(15)16)4-7-2-1-3-9(7)11/h4-5,10H,1-3,6,14H2,(H,15,16). The van der Waals surface area contributed by atoms with Crippen LogP contribution < -0.4 is 5.73 Å². The van der Waals surface area contributed by atoms with Gasteiger partial charge in [-0.3, -0.25) is 4.79 Å². The van der Waals surface area contributed by atoms with Crippen molar-refractivity contribution in [1.29, 1.82) is 0 Å². The first kappa shape index (κ1) is 11.4. The fourth-order valence-corrected chi connectivity index (χ4v) is 2.60. The van der Waals surface area contributed by atoms with E-state index in [0.717, 1.165) is 24.8 Å². The van der Waals surface area contributed by atoms with Gasteiger partial charge in [-0.25, -0.2) is 0 Å². The zero-order valence-corrected chi connectivity index (χ0v) is 9.63. The summed E-state index contributed by atoms with van der Waals surface area (Å²) in [7, 11) is 0. The van der Waals surface area contributed by atoms with Gasteiger partial charge in [0, 0.05) is 11.6 Å². The van der Waals surface area contributed by atoms with Crippen LogP contribution in [0.3, 0.4) is 0 Å². The van der Waals surface area contributed by atoms with Crippen molar-refractivity contribution in [1.82, 2.24) is 0 Å². The third kappa shape index (κ3) is 1.93. The Morgan fingerprint density at radius 2 is 2.25 bits per heavy atom. The molecule has 3 nitrogen and oxygen atoms in total. The average Bonchev–Trinajstić information content (AvgIpc) is 2.66. The zero-order valence-electron chi connectivity index (χ0n) is 8.87. The number of carboxylic acids is 1. The van der Waals surface area contributed by atoms with Gasteiger partial charge in [-0.1, -0.05) is 17.7 Å². The molecule has 0 fully saturated rings. The number of hydrogen-bond donors (Lipinski definition) is 2. The molecule has 0 saturated heterocycles. The number of carboxylic acid groups (broad SMARTS) is 1. The molecule has 1 aliphatic rings. The largest absolute Gasteiger partial charge is 0.481 e. The van der Waals surface area contributed by atoms with E-state index in [0.29, 0.717) is 5.02 Å². The van der Waals surface area contributed by atoms with E-state index in [9.17, 15) is 4.79 Å². The van der Waals surface area contributed by atoms with E-state index in [1.807, 2.05) is 6.07 Å². The van der Waals surface area contributed by atoms with E-state index in [4.69, 9.17) is 22.4 Å². The summed E-state index contributed by atoms with van der Waals surface area (Å²) in [6, 6.07) is 3.69. The van der Waals surface area contributed by atoms with Crippen LogP contribution in [0.15, 0.2) is 12.1 Å². The number of nitrogens with two attached hydrogens (primary N) is 1. The second-order valence-corrected chi connectivity index (χ2v) is 4.53. The van der Waals surface area contributed by atoms with E-state index >= 15 is 0 Å². The summed E-state index contributed by atoms with van der Waals surface area (Å²) in [6.45, 7) is 0.102. The summed E-state index contributed by atoms with van der Waals surface area (Å²) in [4.78, 5) is 11.0. The molecule has 0 saturated carbocycles. The second kappa shape index (κ2) is 4.44. The van der Waals surface area contributed by atoms with Crippen LogP contribution >= 0.6 is 11.6 Å². The monoisotopic (exact) mass is 239 g/mol. The Kier molecular flexibility index (Phi) is 3.17. The SMILES string of the molecule is NCC(C(=O)O)c1cc(Cl)c2c(c1)CCC2. The van der Waals surface area contributed by atoms with Crippen LogP contribution in [0.4, 0.5) is 0 Å². The van der Waals surface area contributed by atoms with Crippen molar-refractivity contribution < 1.29 is 9.90 Å². The van der Waals surface area contributed by atoms with E-state index in [1.54, 1.807) is 6.07 Å². The van der Waals surface area contributed by atoms with Gasteiger partial charge in [0.05, 0.1) is 5.92 Å². The molecule has 0 spiro atoms. The van der Waals surface area contributed by atoms with E-state index < -0.39 is 11.9 Å². The van der Waals surface area contributed by atoms with E-state index in [1.165, 1.54) is 11.1 Å². The topological polar surface area (TPSA) is 63.3 Å². The Balaban J connectivity index is 2.43. The van der Waals surface area contributed by atoms with Gasteiger partial charge in [0.25, 0.3) is 0 Å². The molecule has 0 radical (unpaired) electrons. The number of benzene rings is 1. The number of rotatable bonds is 3. The van der Waals surface area contributed by atoms with E-state index in [-0.39, 0.29) is 6.54 Å². The molecule has 0 bridgehead atoms. The highest BCUT2D eigenvalue weighted by molar-refractivity contribution is 6.31. The highest BCUT2D eigenvalue weighted by atomic mass is 35.5. The molecule has 1 aliphatic carbocycles. The number of halogens is 1. The summed E-state index contributed by atoms with van der Waals surface area (Å²) in [5.74, 6) is -1.54. The first-order chi connectivity index (χ1) is 7.63. The maximum Gasteiger partial charge on any atom is 0.312 e. The molecule has 2 rings (SSSR count). The Hall–Kier alpha value is -1.06. The molecule has 16 heavy (non-hydrogen) atoms. The normalized spacial score (nSPS) is 15.9. The van der Waals surface area contributed by atoms with Gasteiger partial charge in [0.2, 0.25) is 0 Å². The van der Waals surface area contributed by atoms with Crippen LogP contribution in [0, 0.1) is 0 Å². The first-order valence-electron chi connectivity index (χ1n) is 5.37. The van der Waals surface area contributed by atoms with Gasteiger partial charge >= 0.3 is 5.97 Å². The lowest BCUT2D eigenvalue weighted by Crippen LogP contribution is -2.21. The summed E-state index contributed by atoms with van der Waals surface area (Å²) < 4.78 is 0. The third-order valence-electron chi connectivity index (χ3n) is 3.12. The molecule has 1 unspecified atom stereocenters. The van der Waals surface area contributed by atoms with Gasteiger partial charge in [-0.05, 0) is 42.0 Å². The Morgan fingerprint density at radius 3 is 2.88 bits per heavy atom. The van der Waals surface area contributed by atoms with Crippen LogP contribution in [-0.4, -0.2) is 17.6 Å². The lowest BCUT2D eigenvalue weighted by molar-refractivity contribution is -0.138. The van der Waals surface area contributed by atoms with E-state index in [2.05, 4.69) is 0 Å². The maximum absolute atomic E-state index is 11.0. The Labute approximate surface area is 99.2 Å². The lowest BCUT2D eigenvalue weighted by atomic mass is 9.96. The predicted octanol–water partition coefficient (Wildman–Crippen LogP) is 1.96. The minimum absolute atomic E-state index is 0.102. The van der Waals surface area contributed by atoms with Crippen LogP contribution in [0.2, 0.25) is 5.02 Å². The molecule has 3 N–H and O–H groups in total. The first-order valence-corrected chi connectivity index (χ1v) is 5.75. The van der Waals surface area contributed by atoms with Crippen LogP contribution in [0.1, 0.15) is 29.0 Å². The van der Waals surface area contributed by atoms with Crippen molar-refractivity contribution in [3.8, 4) is 0 Å². The number of hydrogen-bond acceptors (Lipinski definition) is 2. The Morgan fingerprint density at radius 1 is 1.50 bits per heavy atom. The van der Waals surface area contributed by atoms with Gasteiger partial charge in [-0.15, -0.1) is 0 Å². The molecule has 1 atom stereocenters. The maximum atomic E-state index is 11.0. The van der Waals surface area contributed by atoms with Gasteiger partial charge < -0.3 is 10.8 Å². The van der Waals surface area contributed by atoms with Crippen LogP contribution in [0.25, 0.3) is 0 Å². The summed E-state index contributed by atoms with van der Waals surface area (Å²) in [5.41, 5.74) is 8.56. The highest BCUT2D eigenvalue weighted by Gasteiger charge is 2.22. The third-order valence-corrected chi connectivity index (χ3v) is 3.46. The lowest BCUT2D eigenvalue weighted by Gasteiger charge is -2.13. The molecule has 0 aliphatic heterocycles. The van der Waals surface area contributed by atoms with Crippen molar-refractivity contribution in [2.45, 2.75) is 25.2 Å². The summed E-state index contributed by atoms with van der Waals surface area (Å²) >= 11 is 6.15. The second-order valence-electron chi connectivity index (χ2n) is 4.12. The number of carbonyl (C=O) groups is 1. The van der Waals surface area contributed by atoms with Gasteiger partial charge in [0.15, 0.2) is 0 Å². The molecular formula is C12H14ClNO2. The molecule has 1 aromatic rings. The minimum Gasteiger partial charge on any atom is -0.481 e. The fraction of sp³-hybridized carbons (Fsp3) is 0.417. The van der Waals surface area contributed by atoms with Crippen LogP contribution in [-0.2, 0) is 17.6 Å². The molecule has 4 heteroatoms. The van der Waals surface area contributed by atoms with Crippen molar-refractivity contribution in [2.24, 2.45) is 5.73 Å². The predicted molar refractivity (Wildman–Crippen MR) is 62.9 cm³/mol. The van der Waals surface area contributed by atoms with Crippen molar-refractivity contribution in [3.63, 3.8) is 0 Å². The quantitative estimate of drug-likeness (QED) is 0.848. The van der Waals surface area contributed by atoms with Crippen molar-refractivity contribution in [3.05, 3.63) is 33.8 Å². The average molecular weight is 240 g/mol. The number of fused-ring (bicyclic) bond motifs is 1. The van der Waals surface area contributed by atoms with Crippen molar-refractivity contribution >= 4 is 17.6 Å². The Bertz CT molecular complexity index is 431. The van der Waals surface area contributed by atoms with Crippen LogP contribution in [0.5, 0.6) is 0 Å². The molecule has 1 aromatic carbocycles. The molecule has 0 heterocycles. The molecule has 0 amide bonds. The molecule has 0 aromatic heterocycles. The van der Waals surface area contributed by atoms with Crippen molar-refractivity contribution in [2.75, 3.05) is 6.54 Å². The minimum atomic E-state index is -0.892. The van der Waals surface area contributed by atoms with Gasteiger partial charge in [0.1, 0.15) is 0 Å². The molecular weight excluding hydrogens is 226 g/mol. The zero-order chi connectivity index (χ0) is 11.7. The summed E-state index contributed by atoms with van der Waals surface area (Å²) in [6.07, 6.45) is 3.08. The smallest absolute Gasteiger partial charge is 0.312 e. The van der Waals surface area contributed by atoms with Gasteiger partial charge in [-0.2, -0.15) is 0 Å². The highest BCUT2D eigenvalue weighted by Crippen LogP contribution is 2.32.